The highest BCUT2D eigenvalue weighted by atomic mass is 35.5. The molecule has 0 fully saturated rings. The Labute approximate surface area is 207 Å². The maximum Gasteiger partial charge on any atom is 0.406 e. The van der Waals surface area contributed by atoms with Crippen LogP contribution in [-0.2, 0) is 4.74 Å². The number of aromatic nitrogens is 1. The molecule has 1 aliphatic rings. The second kappa shape index (κ2) is 10.8. The van der Waals surface area contributed by atoms with E-state index >= 15 is 0 Å². The molecule has 1 unspecified atom stereocenters. The van der Waals surface area contributed by atoms with Crippen LogP contribution in [0, 0.1) is 0 Å². The Morgan fingerprint density at radius 1 is 1.26 bits per heavy atom. The molecule has 8 nitrogen and oxygen atoms in total. The average molecular weight is 501 g/mol. The zero-order valence-corrected chi connectivity index (χ0v) is 20.4. The predicted octanol–water partition coefficient (Wildman–Crippen LogP) is 4.76. The van der Waals surface area contributed by atoms with Crippen molar-refractivity contribution >= 4 is 46.3 Å². The lowest BCUT2D eigenvalue weighted by atomic mass is 10.2. The largest absolute Gasteiger partial charge is 0.485 e. The minimum atomic E-state index is -0.479. The van der Waals surface area contributed by atoms with E-state index in [9.17, 15) is 9.59 Å². The molecule has 2 amide bonds. The van der Waals surface area contributed by atoms with E-state index in [0.717, 1.165) is 16.3 Å². The molecule has 1 aliphatic heterocycles. The van der Waals surface area contributed by atoms with E-state index in [1.54, 1.807) is 22.3 Å². The number of anilines is 2. The maximum atomic E-state index is 13.4. The third-order valence-electron chi connectivity index (χ3n) is 5.48. The zero-order chi connectivity index (χ0) is 24.1. The Bertz CT molecular complexity index is 1160. The van der Waals surface area contributed by atoms with Crippen molar-refractivity contribution in [3.63, 3.8) is 0 Å². The van der Waals surface area contributed by atoms with Gasteiger partial charge < -0.3 is 24.6 Å². The van der Waals surface area contributed by atoms with Gasteiger partial charge in [0.05, 0.1) is 17.9 Å². The minimum Gasteiger partial charge on any atom is -0.485 e. The molecule has 0 aliphatic carbocycles. The highest BCUT2D eigenvalue weighted by molar-refractivity contribution is 7.10. The SMILES string of the molecule is CNC(=O)OCCC(Oc1cccc(N2CCN(C)c3cc(Cl)ncc3C2=O)c1)c1cccs1. The monoisotopic (exact) mass is 500 g/mol. The molecule has 0 spiro atoms. The van der Waals surface area contributed by atoms with E-state index in [2.05, 4.69) is 10.3 Å². The minimum absolute atomic E-state index is 0.144. The van der Waals surface area contributed by atoms with Crippen molar-refractivity contribution in [2.24, 2.45) is 0 Å². The number of fused-ring (bicyclic) bond motifs is 1. The van der Waals surface area contributed by atoms with Crippen molar-refractivity contribution in [1.29, 1.82) is 0 Å². The third kappa shape index (κ3) is 5.43. The fraction of sp³-hybridized carbons (Fsp3) is 0.292. The van der Waals surface area contributed by atoms with Crippen molar-refractivity contribution in [1.82, 2.24) is 10.3 Å². The van der Waals surface area contributed by atoms with Crippen molar-refractivity contribution < 1.29 is 19.1 Å². The summed E-state index contributed by atoms with van der Waals surface area (Å²) in [4.78, 5) is 33.6. The molecule has 0 bridgehead atoms. The summed E-state index contributed by atoms with van der Waals surface area (Å²) >= 11 is 7.64. The normalized spacial score (nSPS) is 14.3. The van der Waals surface area contributed by atoms with Gasteiger partial charge in [0.15, 0.2) is 0 Å². The lowest BCUT2D eigenvalue weighted by molar-refractivity contribution is 0.0990. The lowest BCUT2D eigenvalue weighted by Crippen LogP contribution is -2.33. The van der Waals surface area contributed by atoms with E-state index in [-0.39, 0.29) is 18.6 Å². The lowest BCUT2D eigenvalue weighted by Gasteiger charge is -2.23. The van der Waals surface area contributed by atoms with Crippen LogP contribution in [0.15, 0.2) is 54.0 Å². The Kier molecular flexibility index (Phi) is 7.54. The van der Waals surface area contributed by atoms with E-state index in [4.69, 9.17) is 21.1 Å². The number of amides is 2. The molecule has 0 saturated heterocycles. The van der Waals surface area contributed by atoms with Gasteiger partial charge in [0.25, 0.3) is 5.91 Å². The molecule has 1 N–H and O–H groups in total. The van der Waals surface area contributed by atoms with Crippen LogP contribution in [-0.4, -0.2) is 50.8 Å². The van der Waals surface area contributed by atoms with Gasteiger partial charge in [-0.2, -0.15) is 0 Å². The van der Waals surface area contributed by atoms with E-state index in [0.29, 0.717) is 36.0 Å². The first-order chi connectivity index (χ1) is 16.5. The van der Waals surface area contributed by atoms with Crippen LogP contribution in [0.3, 0.4) is 0 Å². The number of benzene rings is 1. The Hall–Kier alpha value is -3.30. The van der Waals surface area contributed by atoms with Crippen LogP contribution in [0.4, 0.5) is 16.2 Å². The quantitative estimate of drug-likeness (QED) is 0.471. The van der Waals surface area contributed by atoms with Crippen LogP contribution in [0.25, 0.3) is 0 Å². The molecule has 2 aromatic heterocycles. The summed E-state index contributed by atoms with van der Waals surface area (Å²) in [6.45, 7) is 1.35. The number of alkyl carbamates (subject to hydrolysis) is 1. The second-order valence-electron chi connectivity index (χ2n) is 7.70. The maximum absolute atomic E-state index is 13.4. The van der Waals surface area contributed by atoms with E-state index in [1.165, 1.54) is 13.2 Å². The van der Waals surface area contributed by atoms with Gasteiger partial charge in [0.1, 0.15) is 17.0 Å². The van der Waals surface area contributed by atoms with Crippen LogP contribution in [0.5, 0.6) is 5.75 Å². The fourth-order valence-corrected chi connectivity index (χ4v) is 4.66. The molecule has 3 aromatic rings. The number of pyridine rings is 1. The number of likely N-dealkylation sites (N-methyl/N-ethyl adjacent to an activating group) is 1. The Morgan fingerprint density at radius 3 is 2.88 bits per heavy atom. The van der Waals surface area contributed by atoms with Gasteiger partial charge in [0, 0.05) is 56.4 Å². The number of hydrogen-bond acceptors (Lipinski definition) is 7. The van der Waals surface area contributed by atoms with Gasteiger partial charge in [-0.05, 0) is 29.6 Å². The zero-order valence-electron chi connectivity index (χ0n) is 18.9. The number of thiophene rings is 1. The Morgan fingerprint density at radius 2 is 2.12 bits per heavy atom. The number of carbonyl (C=O) groups is 2. The highest BCUT2D eigenvalue weighted by Crippen LogP contribution is 2.33. The molecule has 178 valence electrons. The highest BCUT2D eigenvalue weighted by Gasteiger charge is 2.27. The molecule has 10 heteroatoms. The molecule has 3 heterocycles. The number of carbonyl (C=O) groups excluding carboxylic acids is 2. The number of halogens is 1. The topological polar surface area (TPSA) is 84.0 Å². The molecule has 4 rings (SSSR count). The van der Waals surface area contributed by atoms with Crippen molar-refractivity contribution in [3.8, 4) is 5.75 Å². The van der Waals surface area contributed by atoms with Crippen molar-refractivity contribution in [2.45, 2.75) is 12.5 Å². The van der Waals surface area contributed by atoms with Gasteiger partial charge in [0.2, 0.25) is 0 Å². The standard InChI is InChI=1S/C24H25ClN4O4S/c1-26-24(31)32-11-8-20(21-7-4-12-34-21)33-17-6-3-5-16(13-17)29-10-9-28(2)19-14-22(25)27-15-18(19)23(29)30/h3-7,12-15,20H,8-11H2,1-2H3,(H,26,31). The summed E-state index contributed by atoms with van der Waals surface area (Å²) in [6, 6.07) is 13.1. The molecule has 0 radical (unpaired) electrons. The number of nitrogens with zero attached hydrogens (tertiary/aromatic N) is 3. The van der Waals surface area contributed by atoms with Crippen molar-refractivity contribution in [3.05, 3.63) is 69.6 Å². The second-order valence-corrected chi connectivity index (χ2v) is 9.06. The molecular weight excluding hydrogens is 476 g/mol. The third-order valence-corrected chi connectivity index (χ3v) is 6.65. The van der Waals surface area contributed by atoms with Gasteiger partial charge in [-0.25, -0.2) is 9.78 Å². The summed E-state index contributed by atoms with van der Waals surface area (Å²) < 4.78 is 11.5. The van der Waals surface area contributed by atoms with Gasteiger partial charge in [-0.1, -0.05) is 23.7 Å². The molecule has 34 heavy (non-hydrogen) atoms. The van der Waals surface area contributed by atoms with Crippen LogP contribution in [0.2, 0.25) is 5.15 Å². The van der Waals surface area contributed by atoms with E-state index < -0.39 is 6.09 Å². The molecular formula is C24H25ClN4O4S. The number of hydrogen-bond donors (Lipinski definition) is 1. The van der Waals surface area contributed by atoms with Crippen LogP contribution in [0.1, 0.15) is 27.8 Å². The average Bonchev–Trinajstić information content (AvgIpc) is 3.34. The van der Waals surface area contributed by atoms with E-state index in [1.807, 2.05) is 53.7 Å². The first-order valence-corrected chi connectivity index (χ1v) is 12.0. The molecule has 1 aromatic carbocycles. The summed E-state index contributed by atoms with van der Waals surface area (Å²) in [5.41, 5.74) is 1.98. The molecule has 0 saturated carbocycles. The predicted molar refractivity (Wildman–Crippen MR) is 133 cm³/mol. The van der Waals surface area contributed by atoms with Crippen LogP contribution < -0.4 is 19.9 Å². The summed E-state index contributed by atoms with van der Waals surface area (Å²) in [5.74, 6) is 0.477. The first-order valence-electron chi connectivity index (χ1n) is 10.8. The summed E-state index contributed by atoms with van der Waals surface area (Å²) in [5, 5.41) is 4.76. The molecule has 1 atom stereocenters. The van der Waals surface area contributed by atoms with Gasteiger partial charge in [-0.15, -0.1) is 11.3 Å². The van der Waals surface area contributed by atoms with Crippen LogP contribution >= 0.6 is 22.9 Å². The summed E-state index contributed by atoms with van der Waals surface area (Å²) in [6.07, 6.45) is 1.24. The summed E-state index contributed by atoms with van der Waals surface area (Å²) in [7, 11) is 3.45. The Balaban J connectivity index is 1.55. The van der Waals surface area contributed by atoms with Gasteiger partial charge in [-0.3, -0.25) is 4.79 Å². The number of ether oxygens (including phenoxy) is 2. The smallest absolute Gasteiger partial charge is 0.406 e. The van der Waals surface area contributed by atoms with Crippen molar-refractivity contribution in [2.75, 3.05) is 43.6 Å². The van der Waals surface area contributed by atoms with Gasteiger partial charge >= 0.3 is 6.09 Å². The number of rotatable bonds is 7. The first kappa shape index (κ1) is 23.8. The fourth-order valence-electron chi connectivity index (χ4n) is 3.72. The number of nitrogens with one attached hydrogen (secondary N) is 1.